The lowest BCUT2D eigenvalue weighted by Crippen LogP contribution is -2.39. The molecular weight excluding hydrogens is 270 g/mol. The van der Waals surface area contributed by atoms with Gasteiger partial charge in [-0.2, -0.15) is 0 Å². The number of aromatic nitrogens is 2. The molecular formula is C14H25N5O2. The zero-order chi connectivity index (χ0) is 15.2. The Bertz CT molecular complexity index is 456. The first-order valence-electron chi connectivity index (χ1n) is 7.74. The van der Waals surface area contributed by atoms with Crippen LogP contribution in [-0.2, 0) is 4.79 Å². The Kier molecular flexibility index (Phi) is 5.55. The molecule has 1 amide bonds. The second-order valence-corrected chi connectivity index (χ2v) is 5.52. The lowest BCUT2D eigenvalue weighted by atomic mass is 10.3. The normalized spacial score (nSPS) is 17.8. The van der Waals surface area contributed by atoms with Crippen molar-refractivity contribution in [3.63, 3.8) is 0 Å². The summed E-state index contributed by atoms with van der Waals surface area (Å²) in [7, 11) is 0. The minimum Gasteiger partial charge on any atom is -0.406 e. The largest absolute Gasteiger partial charge is 0.406 e. The number of nitrogens with zero attached hydrogens (tertiary/aromatic N) is 3. The Balaban J connectivity index is 1.87. The molecule has 1 aromatic rings. The third-order valence-corrected chi connectivity index (χ3v) is 3.64. The van der Waals surface area contributed by atoms with Gasteiger partial charge < -0.3 is 20.0 Å². The Morgan fingerprint density at radius 1 is 1.33 bits per heavy atom. The van der Waals surface area contributed by atoms with Crippen molar-refractivity contribution in [1.29, 1.82) is 0 Å². The van der Waals surface area contributed by atoms with Crippen LogP contribution in [0.3, 0.4) is 0 Å². The first-order valence-corrected chi connectivity index (χ1v) is 7.74. The van der Waals surface area contributed by atoms with Crippen molar-refractivity contribution in [3.8, 4) is 0 Å². The van der Waals surface area contributed by atoms with Crippen LogP contribution in [0.1, 0.15) is 52.0 Å². The number of nitrogens with one attached hydrogen (secondary N) is 2. The van der Waals surface area contributed by atoms with Gasteiger partial charge >= 0.3 is 6.01 Å². The van der Waals surface area contributed by atoms with Crippen molar-refractivity contribution >= 4 is 11.9 Å². The highest BCUT2D eigenvalue weighted by atomic mass is 16.4. The van der Waals surface area contributed by atoms with E-state index >= 15 is 0 Å². The second kappa shape index (κ2) is 7.40. The molecule has 2 heterocycles. The Morgan fingerprint density at radius 2 is 2.05 bits per heavy atom. The van der Waals surface area contributed by atoms with Crippen molar-refractivity contribution in [2.24, 2.45) is 0 Å². The molecule has 0 spiro atoms. The molecule has 2 rings (SSSR count). The SMILES string of the molecule is CCCNC(C)c1nnc(NC(C)C(=O)N2CCCC2)o1. The summed E-state index contributed by atoms with van der Waals surface area (Å²) in [5.41, 5.74) is 0. The van der Waals surface area contributed by atoms with Crippen LogP contribution in [0, 0.1) is 0 Å². The molecule has 21 heavy (non-hydrogen) atoms. The van der Waals surface area contributed by atoms with E-state index in [0.717, 1.165) is 38.9 Å². The first-order chi connectivity index (χ1) is 10.1. The van der Waals surface area contributed by atoms with Crippen LogP contribution < -0.4 is 10.6 Å². The summed E-state index contributed by atoms with van der Waals surface area (Å²) in [6.45, 7) is 8.49. The van der Waals surface area contributed by atoms with Crippen molar-refractivity contribution < 1.29 is 9.21 Å². The summed E-state index contributed by atoms with van der Waals surface area (Å²) in [5.74, 6) is 0.621. The molecule has 0 bridgehead atoms. The van der Waals surface area contributed by atoms with Crippen LogP contribution in [0.5, 0.6) is 0 Å². The molecule has 7 nitrogen and oxygen atoms in total. The molecule has 2 unspecified atom stereocenters. The van der Waals surface area contributed by atoms with E-state index in [2.05, 4.69) is 27.8 Å². The van der Waals surface area contributed by atoms with Crippen LogP contribution in [0.25, 0.3) is 0 Å². The maximum absolute atomic E-state index is 12.2. The third-order valence-electron chi connectivity index (χ3n) is 3.64. The second-order valence-electron chi connectivity index (χ2n) is 5.52. The van der Waals surface area contributed by atoms with E-state index in [1.54, 1.807) is 0 Å². The number of rotatable bonds is 7. The topological polar surface area (TPSA) is 83.3 Å². The van der Waals surface area contributed by atoms with E-state index < -0.39 is 0 Å². The molecule has 0 saturated carbocycles. The Morgan fingerprint density at radius 3 is 2.71 bits per heavy atom. The molecule has 0 aromatic carbocycles. The molecule has 1 aliphatic rings. The molecule has 1 aliphatic heterocycles. The van der Waals surface area contributed by atoms with Crippen molar-refractivity contribution in [3.05, 3.63) is 5.89 Å². The van der Waals surface area contributed by atoms with Crippen LogP contribution in [0.15, 0.2) is 4.42 Å². The van der Waals surface area contributed by atoms with E-state index in [9.17, 15) is 4.79 Å². The maximum atomic E-state index is 12.2. The lowest BCUT2D eigenvalue weighted by Gasteiger charge is -2.20. The summed E-state index contributed by atoms with van der Waals surface area (Å²) >= 11 is 0. The number of amides is 1. The molecule has 0 aliphatic carbocycles. The number of hydrogen-bond donors (Lipinski definition) is 2. The van der Waals surface area contributed by atoms with Gasteiger partial charge in [0.15, 0.2) is 0 Å². The van der Waals surface area contributed by atoms with E-state index in [1.807, 2.05) is 18.7 Å². The standard InChI is InChI=1S/C14H25N5O2/c1-4-7-15-10(2)12-17-18-14(21-12)16-11(3)13(20)19-8-5-6-9-19/h10-11,15H,4-9H2,1-3H3,(H,16,18). The highest BCUT2D eigenvalue weighted by Crippen LogP contribution is 2.15. The Labute approximate surface area is 125 Å². The molecule has 0 radical (unpaired) electrons. The maximum Gasteiger partial charge on any atom is 0.316 e. The first kappa shape index (κ1) is 15.8. The minimum atomic E-state index is -0.352. The van der Waals surface area contributed by atoms with Gasteiger partial charge in [-0.05, 0) is 39.7 Å². The summed E-state index contributed by atoms with van der Waals surface area (Å²) in [6, 6.07) is -0.0388. The van der Waals surface area contributed by atoms with E-state index in [4.69, 9.17) is 4.42 Å². The number of carbonyl (C=O) groups excluding carboxylic acids is 1. The summed E-state index contributed by atoms with van der Waals surface area (Å²) < 4.78 is 5.56. The van der Waals surface area contributed by atoms with Crippen molar-refractivity contribution in [2.45, 2.75) is 52.1 Å². The van der Waals surface area contributed by atoms with Gasteiger partial charge in [0.05, 0.1) is 6.04 Å². The van der Waals surface area contributed by atoms with Crippen LogP contribution in [0.4, 0.5) is 6.01 Å². The van der Waals surface area contributed by atoms with Crippen LogP contribution in [-0.4, -0.2) is 46.7 Å². The average molecular weight is 295 g/mol. The smallest absolute Gasteiger partial charge is 0.316 e. The average Bonchev–Trinajstić information content (AvgIpc) is 3.15. The molecule has 1 saturated heterocycles. The van der Waals surface area contributed by atoms with Gasteiger partial charge in [-0.1, -0.05) is 12.0 Å². The van der Waals surface area contributed by atoms with Gasteiger partial charge in [-0.25, -0.2) is 0 Å². The van der Waals surface area contributed by atoms with Gasteiger partial charge in [0.25, 0.3) is 0 Å². The van der Waals surface area contributed by atoms with Crippen LogP contribution in [0.2, 0.25) is 0 Å². The number of likely N-dealkylation sites (tertiary alicyclic amines) is 1. The fourth-order valence-corrected chi connectivity index (χ4v) is 2.37. The van der Waals surface area contributed by atoms with E-state index in [0.29, 0.717) is 11.9 Å². The number of anilines is 1. The third kappa shape index (κ3) is 4.17. The fraction of sp³-hybridized carbons (Fsp3) is 0.786. The molecule has 2 N–H and O–H groups in total. The van der Waals surface area contributed by atoms with Gasteiger partial charge in [-0.15, -0.1) is 5.10 Å². The minimum absolute atomic E-state index is 0.0117. The highest BCUT2D eigenvalue weighted by molar-refractivity contribution is 5.83. The summed E-state index contributed by atoms with van der Waals surface area (Å²) in [5, 5.41) is 14.2. The zero-order valence-corrected chi connectivity index (χ0v) is 13.1. The predicted molar refractivity (Wildman–Crippen MR) is 79.9 cm³/mol. The molecule has 2 atom stereocenters. The number of carbonyl (C=O) groups is 1. The van der Waals surface area contributed by atoms with E-state index in [-0.39, 0.29) is 18.0 Å². The monoisotopic (exact) mass is 295 g/mol. The van der Waals surface area contributed by atoms with Crippen molar-refractivity contribution in [2.75, 3.05) is 25.0 Å². The molecule has 118 valence electrons. The Hall–Kier alpha value is -1.63. The number of hydrogen-bond acceptors (Lipinski definition) is 6. The summed E-state index contributed by atoms with van der Waals surface area (Å²) in [6.07, 6.45) is 3.22. The molecule has 1 aromatic heterocycles. The zero-order valence-electron chi connectivity index (χ0n) is 13.1. The van der Waals surface area contributed by atoms with Gasteiger partial charge in [0.2, 0.25) is 11.8 Å². The van der Waals surface area contributed by atoms with Gasteiger partial charge in [0.1, 0.15) is 6.04 Å². The van der Waals surface area contributed by atoms with E-state index in [1.165, 1.54) is 0 Å². The fourth-order valence-electron chi connectivity index (χ4n) is 2.37. The molecule has 7 heteroatoms. The molecule has 1 fully saturated rings. The van der Waals surface area contributed by atoms with Gasteiger partial charge in [0, 0.05) is 13.1 Å². The lowest BCUT2D eigenvalue weighted by molar-refractivity contribution is -0.130. The van der Waals surface area contributed by atoms with Crippen molar-refractivity contribution in [1.82, 2.24) is 20.4 Å². The predicted octanol–water partition coefficient (Wildman–Crippen LogP) is 1.55. The highest BCUT2D eigenvalue weighted by Gasteiger charge is 2.24. The van der Waals surface area contributed by atoms with Gasteiger partial charge in [-0.3, -0.25) is 4.79 Å². The van der Waals surface area contributed by atoms with Crippen LogP contribution >= 0.6 is 0 Å². The quantitative estimate of drug-likeness (QED) is 0.794. The summed E-state index contributed by atoms with van der Waals surface area (Å²) in [4.78, 5) is 14.1.